The molecule has 25 heavy (non-hydrogen) atoms. The van der Waals surface area contributed by atoms with Crippen LogP contribution in [-0.2, 0) is 4.79 Å². The molecule has 0 aliphatic heterocycles. The quantitative estimate of drug-likeness (QED) is 0.830. The average molecular weight is 382 g/mol. The molecule has 0 aliphatic carbocycles. The third kappa shape index (κ3) is 5.08. The summed E-state index contributed by atoms with van der Waals surface area (Å²) in [5.74, 6) is -0.483. The zero-order chi connectivity index (χ0) is 18.4. The molecule has 0 saturated carbocycles. The van der Waals surface area contributed by atoms with Gasteiger partial charge in [0, 0.05) is 18.9 Å². The monoisotopic (exact) mass is 381 g/mol. The molecule has 2 aromatic rings. The van der Waals surface area contributed by atoms with Gasteiger partial charge in [0.25, 0.3) is 5.91 Å². The van der Waals surface area contributed by atoms with Gasteiger partial charge in [-0.25, -0.2) is 4.98 Å². The number of anilines is 1. The first-order chi connectivity index (χ1) is 11.9. The number of pyridine rings is 1. The van der Waals surface area contributed by atoms with Gasteiger partial charge in [0.15, 0.2) is 0 Å². The first kappa shape index (κ1) is 19.0. The number of nitrogens with zero attached hydrogens (tertiary/aromatic N) is 2. The van der Waals surface area contributed by atoms with Crippen molar-refractivity contribution in [2.75, 3.05) is 25.5 Å². The van der Waals surface area contributed by atoms with Gasteiger partial charge >= 0.3 is 0 Å². The van der Waals surface area contributed by atoms with Crippen LogP contribution in [0.1, 0.15) is 17.3 Å². The van der Waals surface area contributed by atoms with Gasteiger partial charge in [0.2, 0.25) is 11.8 Å². The van der Waals surface area contributed by atoms with Crippen molar-refractivity contribution < 1.29 is 14.3 Å². The Morgan fingerprint density at radius 2 is 2.00 bits per heavy atom. The lowest BCUT2D eigenvalue weighted by Gasteiger charge is -2.18. The molecule has 1 aromatic carbocycles. The summed E-state index contributed by atoms with van der Waals surface area (Å²) in [6, 6.07) is 7.99. The van der Waals surface area contributed by atoms with E-state index in [-0.39, 0.29) is 24.2 Å². The van der Waals surface area contributed by atoms with E-state index in [2.05, 4.69) is 10.3 Å². The minimum atomic E-state index is -0.365. The Balaban J connectivity index is 2.03. The number of halogens is 2. The van der Waals surface area contributed by atoms with E-state index in [9.17, 15) is 9.59 Å². The fourth-order valence-electron chi connectivity index (χ4n) is 2.07. The molecular weight excluding hydrogens is 365 g/mol. The molecule has 0 aliphatic rings. The first-order valence-electron chi connectivity index (χ1n) is 7.50. The number of nitrogens with one attached hydrogen (secondary N) is 1. The van der Waals surface area contributed by atoms with Crippen molar-refractivity contribution in [2.24, 2.45) is 0 Å². The molecule has 0 unspecified atom stereocenters. The van der Waals surface area contributed by atoms with Crippen molar-refractivity contribution in [3.8, 4) is 5.88 Å². The predicted molar refractivity (Wildman–Crippen MR) is 97.5 cm³/mol. The number of likely N-dealkylation sites (N-methyl/N-ethyl adjacent to an activating group) is 1. The molecule has 0 radical (unpaired) electrons. The molecule has 0 saturated heterocycles. The summed E-state index contributed by atoms with van der Waals surface area (Å²) in [5, 5.41) is 3.39. The number of benzene rings is 1. The number of carbonyl (C=O) groups is 2. The maximum atomic E-state index is 12.5. The van der Waals surface area contributed by atoms with Crippen LogP contribution in [0.2, 0.25) is 10.0 Å². The minimum absolute atomic E-state index is 0.139. The molecule has 1 heterocycles. The van der Waals surface area contributed by atoms with Gasteiger partial charge in [0.05, 0.1) is 23.2 Å². The average Bonchev–Trinajstić information content (AvgIpc) is 2.58. The van der Waals surface area contributed by atoms with Gasteiger partial charge in [-0.05, 0) is 37.3 Å². The Morgan fingerprint density at radius 1 is 1.24 bits per heavy atom. The van der Waals surface area contributed by atoms with E-state index in [0.717, 1.165) is 0 Å². The molecule has 0 spiro atoms. The van der Waals surface area contributed by atoms with E-state index in [1.807, 2.05) is 0 Å². The van der Waals surface area contributed by atoms with Crippen molar-refractivity contribution in [1.29, 1.82) is 0 Å². The largest absolute Gasteiger partial charge is 0.477 e. The number of hydrogen-bond donors (Lipinski definition) is 1. The molecule has 8 heteroatoms. The molecule has 2 amide bonds. The smallest absolute Gasteiger partial charge is 0.259 e. The highest BCUT2D eigenvalue weighted by molar-refractivity contribution is 6.42. The van der Waals surface area contributed by atoms with Gasteiger partial charge in [-0.15, -0.1) is 0 Å². The maximum absolute atomic E-state index is 12.5. The number of hydrogen-bond acceptors (Lipinski definition) is 4. The van der Waals surface area contributed by atoms with E-state index in [4.69, 9.17) is 27.9 Å². The van der Waals surface area contributed by atoms with Crippen molar-refractivity contribution in [1.82, 2.24) is 9.88 Å². The number of amides is 2. The van der Waals surface area contributed by atoms with Crippen LogP contribution in [0.3, 0.4) is 0 Å². The highest BCUT2D eigenvalue weighted by atomic mass is 35.5. The topological polar surface area (TPSA) is 71.5 Å². The Morgan fingerprint density at radius 3 is 2.68 bits per heavy atom. The summed E-state index contributed by atoms with van der Waals surface area (Å²) in [6.45, 7) is 2.05. The molecule has 6 nitrogen and oxygen atoms in total. The van der Waals surface area contributed by atoms with Crippen LogP contribution >= 0.6 is 23.2 Å². The zero-order valence-electron chi connectivity index (χ0n) is 13.8. The highest BCUT2D eigenvalue weighted by Crippen LogP contribution is 2.25. The zero-order valence-corrected chi connectivity index (χ0v) is 15.3. The van der Waals surface area contributed by atoms with Crippen LogP contribution in [0, 0.1) is 0 Å². The van der Waals surface area contributed by atoms with Gasteiger partial charge in [-0.3, -0.25) is 9.59 Å². The lowest BCUT2D eigenvalue weighted by Crippen LogP contribution is -2.35. The van der Waals surface area contributed by atoms with Crippen LogP contribution < -0.4 is 10.1 Å². The number of rotatable bonds is 6. The normalized spacial score (nSPS) is 10.2. The molecular formula is C17H17Cl2N3O3. The van der Waals surface area contributed by atoms with Gasteiger partial charge in [-0.1, -0.05) is 23.2 Å². The van der Waals surface area contributed by atoms with Crippen molar-refractivity contribution >= 4 is 40.7 Å². The summed E-state index contributed by atoms with van der Waals surface area (Å²) in [5.41, 5.74) is 0.797. The van der Waals surface area contributed by atoms with Crippen LogP contribution in [0.25, 0.3) is 0 Å². The molecule has 132 valence electrons. The second-order valence-corrected chi connectivity index (χ2v) is 5.94. The summed E-state index contributed by atoms with van der Waals surface area (Å²) in [4.78, 5) is 30.0. The number of aromatic nitrogens is 1. The summed E-state index contributed by atoms with van der Waals surface area (Å²) in [6.07, 6.45) is 1.54. The predicted octanol–water partition coefficient (Wildman–Crippen LogP) is 3.50. The summed E-state index contributed by atoms with van der Waals surface area (Å²) < 4.78 is 5.35. The lowest BCUT2D eigenvalue weighted by atomic mass is 10.2. The highest BCUT2D eigenvalue weighted by Gasteiger charge is 2.19. The number of ether oxygens (including phenoxy) is 1. The third-order valence-electron chi connectivity index (χ3n) is 3.21. The van der Waals surface area contributed by atoms with E-state index in [1.54, 1.807) is 37.4 Å². The fourth-order valence-corrected chi connectivity index (χ4v) is 2.37. The molecule has 0 fully saturated rings. The molecule has 0 atom stereocenters. The minimum Gasteiger partial charge on any atom is -0.477 e. The Bertz CT molecular complexity index is 783. The van der Waals surface area contributed by atoms with E-state index < -0.39 is 0 Å². The van der Waals surface area contributed by atoms with Crippen molar-refractivity contribution in [3.05, 3.63) is 52.1 Å². The number of carbonyl (C=O) groups excluding carboxylic acids is 2. The van der Waals surface area contributed by atoms with Gasteiger partial charge in [-0.2, -0.15) is 0 Å². The maximum Gasteiger partial charge on any atom is 0.259 e. The fraction of sp³-hybridized carbons (Fsp3) is 0.235. The Kier molecular flexibility index (Phi) is 6.61. The second kappa shape index (κ2) is 8.69. The van der Waals surface area contributed by atoms with Crippen LogP contribution in [0.4, 0.5) is 5.69 Å². The third-order valence-corrected chi connectivity index (χ3v) is 3.95. The van der Waals surface area contributed by atoms with Crippen LogP contribution in [0.15, 0.2) is 36.5 Å². The summed E-state index contributed by atoms with van der Waals surface area (Å²) in [7, 11) is 1.53. The molecule has 1 aromatic heterocycles. The Hall–Kier alpha value is -2.31. The SMILES string of the molecule is CCOc1ncccc1C(=O)N(C)CC(=O)Nc1ccc(Cl)c(Cl)c1. The van der Waals surface area contributed by atoms with Gasteiger partial charge < -0.3 is 15.0 Å². The van der Waals surface area contributed by atoms with E-state index >= 15 is 0 Å². The summed E-state index contributed by atoms with van der Waals surface area (Å²) >= 11 is 11.7. The van der Waals surface area contributed by atoms with Gasteiger partial charge in [0.1, 0.15) is 5.56 Å². The van der Waals surface area contributed by atoms with Crippen LogP contribution in [-0.4, -0.2) is 41.9 Å². The first-order valence-corrected chi connectivity index (χ1v) is 8.26. The Labute approximate surface area is 155 Å². The molecule has 2 rings (SSSR count). The van der Waals surface area contributed by atoms with E-state index in [0.29, 0.717) is 27.9 Å². The molecule has 0 bridgehead atoms. The second-order valence-electron chi connectivity index (χ2n) is 5.13. The van der Waals surface area contributed by atoms with Crippen LogP contribution in [0.5, 0.6) is 5.88 Å². The molecule has 1 N–H and O–H groups in total. The lowest BCUT2D eigenvalue weighted by molar-refractivity contribution is -0.116. The van der Waals surface area contributed by atoms with Crippen molar-refractivity contribution in [2.45, 2.75) is 6.92 Å². The standard InChI is InChI=1S/C17H17Cl2N3O3/c1-3-25-16-12(5-4-8-20-16)17(24)22(2)10-15(23)21-11-6-7-13(18)14(19)9-11/h4-9H,3,10H2,1-2H3,(H,21,23). The van der Waals surface area contributed by atoms with Crippen molar-refractivity contribution in [3.63, 3.8) is 0 Å². The van der Waals surface area contributed by atoms with E-state index in [1.165, 1.54) is 18.0 Å².